The van der Waals surface area contributed by atoms with Crippen LogP contribution in [0.5, 0.6) is 0 Å². The third-order valence-electron chi connectivity index (χ3n) is 6.18. The number of amides is 1. The number of aryl methyl sites for hydroxylation is 2. The summed E-state index contributed by atoms with van der Waals surface area (Å²) >= 11 is 0. The predicted molar refractivity (Wildman–Crippen MR) is 134 cm³/mol. The molecule has 3 N–H and O–H groups in total. The van der Waals surface area contributed by atoms with Crippen molar-refractivity contribution in [3.8, 4) is 0 Å². The molecule has 7 nitrogen and oxygen atoms in total. The standard InChI is InChI=1S/C26H29N3O4S/c1-16-8-9-20(12-17(16)2)28-34(32,33)21-10-11-23-22(14-21)25(30)15-24(27-23)18-6-5-7-19(13-18)26(31)29(3)4/h5-14,24-25,27-28,30H,15H2,1-4H3. The van der Waals surface area contributed by atoms with Crippen molar-refractivity contribution in [3.05, 3.63) is 88.5 Å². The normalized spacial score (nSPS) is 17.4. The second kappa shape index (κ2) is 9.12. The number of fused-ring (bicyclic) bond motifs is 1. The van der Waals surface area contributed by atoms with Crippen LogP contribution < -0.4 is 10.0 Å². The molecule has 0 aromatic heterocycles. The van der Waals surface area contributed by atoms with E-state index in [1.807, 2.05) is 38.1 Å². The molecule has 34 heavy (non-hydrogen) atoms. The molecule has 178 valence electrons. The van der Waals surface area contributed by atoms with Gasteiger partial charge < -0.3 is 15.3 Å². The molecule has 8 heteroatoms. The van der Waals surface area contributed by atoms with Crippen LogP contribution >= 0.6 is 0 Å². The predicted octanol–water partition coefficient (Wildman–Crippen LogP) is 4.40. The van der Waals surface area contributed by atoms with Gasteiger partial charge in [-0.1, -0.05) is 18.2 Å². The molecule has 0 radical (unpaired) electrons. The molecule has 4 rings (SSSR count). The highest BCUT2D eigenvalue weighted by Crippen LogP contribution is 2.40. The van der Waals surface area contributed by atoms with Gasteiger partial charge in [-0.05, 0) is 73.0 Å². The topological polar surface area (TPSA) is 98.7 Å². The minimum Gasteiger partial charge on any atom is -0.388 e. The Bertz CT molecular complexity index is 1350. The fourth-order valence-corrected chi connectivity index (χ4v) is 5.18. The van der Waals surface area contributed by atoms with E-state index in [0.29, 0.717) is 28.9 Å². The second-order valence-electron chi connectivity index (χ2n) is 8.93. The fourth-order valence-electron chi connectivity index (χ4n) is 4.10. The number of nitrogens with one attached hydrogen (secondary N) is 2. The van der Waals surface area contributed by atoms with Gasteiger partial charge in [-0.15, -0.1) is 0 Å². The summed E-state index contributed by atoms with van der Waals surface area (Å²) in [5.41, 5.74) is 5.21. The highest BCUT2D eigenvalue weighted by atomic mass is 32.2. The van der Waals surface area contributed by atoms with E-state index in [1.54, 1.807) is 38.4 Å². The van der Waals surface area contributed by atoms with Crippen molar-refractivity contribution in [1.29, 1.82) is 0 Å². The molecule has 0 fully saturated rings. The van der Waals surface area contributed by atoms with Gasteiger partial charge in [0, 0.05) is 43.0 Å². The molecule has 3 aromatic carbocycles. The van der Waals surface area contributed by atoms with E-state index in [4.69, 9.17) is 0 Å². The molecule has 0 aliphatic carbocycles. The molecular weight excluding hydrogens is 450 g/mol. The number of rotatable bonds is 5. The lowest BCUT2D eigenvalue weighted by atomic mass is 9.90. The van der Waals surface area contributed by atoms with Gasteiger partial charge in [-0.3, -0.25) is 9.52 Å². The number of nitrogens with zero attached hydrogens (tertiary/aromatic N) is 1. The Hall–Kier alpha value is -3.36. The zero-order chi connectivity index (χ0) is 24.6. The van der Waals surface area contributed by atoms with Crippen molar-refractivity contribution in [2.75, 3.05) is 24.1 Å². The summed E-state index contributed by atoms with van der Waals surface area (Å²) in [7, 11) is -0.414. The molecule has 1 aliphatic heterocycles. The highest BCUT2D eigenvalue weighted by molar-refractivity contribution is 7.92. The van der Waals surface area contributed by atoms with E-state index in [9.17, 15) is 18.3 Å². The zero-order valence-corrected chi connectivity index (χ0v) is 20.5. The maximum Gasteiger partial charge on any atom is 0.261 e. The maximum absolute atomic E-state index is 13.0. The minimum atomic E-state index is -3.82. The van der Waals surface area contributed by atoms with E-state index >= 15 is 0 Å². The molecule has 3 aromatic rings. The monoisotopic (exact) mass is 479 g/mol. The summed E-state index contributed by atoms with van der Waals surface area (Å²) in [6, 6.07) is 17.2. The lowest BCUT2D eigenvalue weighted by Crippen LogP contribution is -2.24. The molecule has 2 atom stereocenters. The summed E-state index contributed by atoms with van der Waals surface area (Å²) in [6.45, 7) is 3.89. The maximum atomic E-state index is 13.0. The first-order valence-electron chi connectivity index (χ1n) is 11.1. The molecule has 1 aliphatic rings. The van der Waals surface area contributed by atoms with E-state index in [2.05, 4.69) is 10.0 Å². The smallest absolute Gasteiger partial charge is 0.261 e. The molecule has 0 saturated heterocycles. The van der Waals surface area contributed by atoms with E-state index in [-0.39, 0.29) is 16.8 Å². The van der Waals surface area contributed by atoms with Crippen molar-refractivity contribution < 1.29 is 18.3 Å². The van der Waals surface area contributed by atoms with Gasteiger partial charge in [0.2, 0.25) is 0 Å². The van der Waals surface area contributed by atoms with Gasteiger partial charge in [-0.2, -0.15) is 0 Å². The summed E-state index contributed by atoms with van der Waals surface area (Å²) in [5, 5.41) is 14.3. The third kappa shape index (κ3) is 4.78. The molecule has 1 amide bonds. The third-order valence-corrected chi connectivity index (χ3v) is 7.56. The number of hydrogen-bond acceptors (Lipinski definition) is 5. The van der Waals surface area contributed by atoms with Crippen molar-refractivity contribution in [3.63, 3.8) is 0 Å². The summed E-state index contributed by atoms with van der Waals surface area (Å²) in [5.74, 6) is -0.0928. The van der Waals surface area contributed by atoms with Crippen LogP contribution in [0.4, 0.5) is 11.4 Å². The Morgan fingerprint density at radius 3 is 2.50 bits per heavy atom. The zero-order valence-electron chi connectivity index (χ0n) is 19.7. The first-order chi connectivity index (χ1) is 16.0. The largest absolute Gasteiger partial charge is 0.388 e. The summed E-state index contributed by atoms with van der Waals surface area (Å²) in [6.07, 6.45) is -0.507. The quantitative estimate of drug-likeness (QED) is 0.504. The number of carbonyl (C=O) groups excluding carboxylic acids is 1. The van der Waals surface area contributed by atoms with Crippen LogP contribution in [0, 0.1) is 13.8 Å². The van der Waals surface area contributed by atoms with Crippen LogP contribution in [0.3, 0.4) is 0 Å². The summed E-state index contributed by atoms with van der Waals surface area (Å²) < 4.78 is 28.6. The van der Waals surface area contributed by atoms with Crippen LogP contribution in [-0.2, 0) is 10.0 Å². The fraction of sp³-hybridized carbons (Fsp3) is 0.269. The molecule has 0 spiro atoms. The van der Waals surface area contributed by atoms with Gasteiger partial charge in [0.05, 0.1) is 17.0 Å². The second-order valence-corrected chi connectivity index (χ2v) is 10.6. The minimum absolute atomic E-state index is 0.0855. The van der Waals surface area contributed by atoms with E-state index < -0.39 is 16.1 Å². The first-order valence-corrected chi connectivity index (χ1v) is 12.5. The van der Waals surface area contributed by atoms with Crippen LogP contribution in [0.1, 0.15) is 51.2 Å². The van der Waals surface area contributed by atoms with Crippen LogP contribution in [-0.4, -0.2) is 38.4 Å². The van der Waals surface area contributed by atoms with E-state index in [0.717, 1.165) is 16.7 Å². The lowest BCUT2D eigenvalue weighted by molar-refractivity contribution is 0.0827. The molecule has 2 unspecified atom stereocenters. The van der Waals surface area contributed by atoms with Gasteiger partial charge in [-0.25, -0.2) is 8.42 Å². The number of benzene rings is 3. The van der Waals surface area contributed by atoms with Crippen LogP contribution in [0.15, 0.2) is 65.6 Å². The number of anilines is 2. The van der Waals surface area contributed by atoms with Crippen molar-refractivity contribution in [1.82, 2.24) is 4.90 Å². The van der Waals surface area contributed by atoms with Crippen LogP contribution in [0.2, 0.25) is 0 Å². The molecular formula is C26H29N3O4S. The average Bonchev–Trinajstić information content (AvgIpc) is 2.80. The highest BCUT2D eigenvalue weighted by Gasteiger charge is 2.28. The Balaban J connectivity index is 1.58. The van der Waals surface area contributed by atoms with Gasteiger partial charge in [0.1, 0.15) is 0 Å². The Morgan fingerprint density at radius 1 is 1.03 bits per heavy atom. The molecule has 0 saturated carbocycles. The number of sulfonamides is 1. The van der Waals surface area contributed by atoms with Gasteiger partial charge >= 0.3 is 0 Å². The van der Waals surface area contributed by atoms with Gasteiger partial charge in [0.25, 0.3) is 15.9 Å². The number of aliphatic hydroxyl groups excluding tert-OH is 1. The number of carbonyl (C=O) groups is 1. The lowest BCUT2D eigenvalue weighted by Gasteiger charge is -2.31. The summed E-state index contributed by atoms with van der Waals surface area (Å²) in [4.78, 5) is 13.9. The molecule has 1 heterocycles. The van der Waals surface area contributed by atoms with Crippen LogP contribution in [0.25, 0.3) is 0 Å². The number of aliphatic hydroxyl groups is 1. The number of hydrogen-bond donors (Lipinski definition) is 3. The molecule has 0 bridgehead atoms. The Labute approximate surface area is 200 Å². The Morgan fingerprint density at radius 2 is 1.79 bits per heavy atom. The van der Waals surface area contributed by atoms with Gasteiger partial charge in [0.15, 0.2) is 0 Å². The average molecular weight is 480 g/mol. The Kier molecular flexibility index (Phi) is 6.38. The van der Waals surface area contributed by atoms with Crippen molar-refractivity contribution in [2.45, 2.75) is 37.3 Å². The SMILES string of the molecule is Cc1ccc(NS(=O)(=O)c2ccc3c(c2)C(O)CC(c2cccc(C(=O)N(C)C)c2)N3)cc1C. The van der Waals surface area contributed by atoms with Crippen molar-refractivity contribution >= 4 is 27.3 Å². The van der Waals surface area contributed by atoms with Crippen molar-refractivity contribution in [2.24, 2.45) is 0 Å². The first kappa shape index (κ1) is 23.8. The van der Waals surface area contributed by atoms with E-state index in [1.165, 1.54) is 17.0 Å².